The lowest BCUT2D eigenvalue weighted by molar-refractivity contribution is 0.198. The summed E-state index contributed by atoms with van der Waals surface area (Å²) < 4.78 is 23.9. The van der Waals surface area contributed by atoms with Crippen LogP contribution in [0.5, 0.6) is 11.5 Å². The van der Waals surface area contributed by atoms with Crippen molar-refractivity contribution in [3.05, 3.63) is 23.8 Å². The minimum absolute atomic E-state index is 0.152. The fourth-order valence-electron chi connectivity index (χ4n) is 1.32. The van der Waals surface area contributed by atoms with Crippen molar-refractivity contribution in [2.75, 3.05) is 14.2 Å². The van der Waals surface area contributed by atoms with Gasteiger partial charge in [-0.05, 0) is 19.1 Å². The Morgan fingerprint density at radius 3 is 2.56 bits per heavy atom. The predicted octanol–water partition coefficient (Wildman–Crippen LogP) is 2.18. The SMILES string of the molecule is COc1ccc(C(C)(F)N=C=O)c(OC)c1. The number of rotatable bonds is 4. The highest BCUT2D eigenvalue weighted by atomic mass is 19.1. The summed E-state index contributed by atoms with van der Waals surface area (Å²) in [6, 6.07) is 4.54. The van der Waals surface area contributed by atoms with E-state index in [1.807, 2.05) is 0 Å². The molecule has 0 aliphatic heterocycles. The quantitative estimate of drug-likeness (QED) is 0.448. The Hall–Kier alpha value is -1.87. The van der Waals surface area contributed by atoms with Crippen molar-refractivity contribution in [2.24, 2.45) is 4.99 Å². The largest absolute Gasteiger partial charge is 0.497 e. The first-order valence-electron chi connectivity index (χ1n) is 4.55. The zero-order valence-corrected chi connectivity index (χ0v) is 9.28. The summed E-state index contributed by atoms with van der Waals surface area (Å²) in [6.45, 7) is 1.15. The van der Waals surface area contributed by atoms with Gasteiger partial charge in [0, 0.05) is 6.07 Å². The van der Waals surface area contributed by atoms with E-state index in [4.69, 9.17) is 9.47 Å². The molecule has 1 rings (SSSR count). The van der Waals surface area contributed by atoms with Crippen molar-refractivity contribution in [3.63, 3.8) is 0 Å². The Labute approximate surface area is 92.7 Å². The van der Waals surface area contributed by atoms with E-state index in [1.54, 1.807) is 6.07 Å². The summed E-state index contributed by atoms with van der Waals surface area (Å²) in [5.41, 5.74) is 0.152. The van der Waals surface area contributed by atoms with Crippen LogP contribution in [-0.4, -0.2) is 20.3 Å². The first-order valence-corrected chi connectivity index (χ1v) is 4.55. The predicted molar refractivity (Wildman–Crippen MR) is 56.1 cm³/mol. The third-order valence-electron chi connectivity index (χ3n) is 2.16. The van der Waals surface area contributed by atoms with Gasteiger partial charge in [0.2, 0.25) is 11.9 Å². The number of methoxy groups -OCH3 is 2. The summed E-state index contributed by atoms with van der Waals surface area (Å²) in [5.74, 6) is -1.35. The van der Waals surface area contributed by atoms with Crippen LogP contribution in [0.2, 0.25) is 0 Å². The summed E-state index contributed by atoms with van der Waals surface area (Å²) in [5, 5.41) is 0. The standard InChI is InChI=1S/C11H12FNO3/c1-11(12,13-7-14)9-5-4-8(15-2)6-10(9)16-3/h4-6H,1-3H3. The molecule has 0 aliphatic rings. The van der Waals surface area contributed by atoms with Crippen LogP contribution in [0.15, 0.2) is 23.2 Å². The van der Waals surface area contributed by atoms with Crippen LogP contribution < -0.4 is 9.47 Å². The van der Waals surface area contributed by atoms with E-state index in [1.165, 1.54) is 32.4 Å². The van der Waals surface area contributed by atoms with E-state index in [9.17, 15) is 9.18 Å². The minimum atomic E-state index is -2.15. The normalized spacial score (nSPS) is 13.5. The zero-order chi connectivity index (χ0) is 12.2. The van der Waals surface area contributed by atoms with Crippen LogP contribution in [0, 0.1) is 0 Å². The first kappa shape index (κ1) is 12.2. The van der Waals surface area contributed by atoms with E-state index >= 15 is 0 Å². The van der Waals surface area contributed by atoms with Crippen LogP contribution in [0.3, 0.4) is 0 Å². The average Bonchev–Trinajstić information content (AvgIpc) is 2.28. The number of hydrogen-bond acceptors (Lipinski definition) is 4. The number of benzene rings is 1. The highest BCUT2D eigenvalue weighted by Gasteiger charge is 2.29. The van der Waals surface area contributed by atoms with Crippen LogP contribution >= 0.6 is 0 Å². The van der Waals surface area contributed by atoms with E-state index < -0.39 is 5.79 Å². The number of hydrogen-bond donors (Lipinski definition) is 0. The van der Waals surface area contributed by atoms with Gasteiger partial charge < -0.3 is 9.47 Å². The van der Waals surface area contributed by atoms with Gasteiger partial charge in [-0.3, -0.25) is 0 Å². The average molecular weight is 225 g/mol. The molecule has 1 aromatic rings. The number of halogens is 1. The van der Waals surface area contributed by atoms with Crippen LogP contribution in [0.1, 0.15) is 12.5 Å². The molecule has 86 valence electrons. The second-order valence-corrected chi connectivity index (χ2v) is 3.22. The Kier molecular flexibility index (Phi) is 3.64. The zero-order valence-electron chi connectivity index (χ0n) is 9.28. The second-order valence-electron chi connectivity index (χ2n) is 3.22. The maximum atomic E-state index is 14.0. The smallest absolute Gasteiger partial charge is 0.238 e. The molecule has 1 unspecified atom stereocenters. The van der Waals surface area contributed by atoms with Crippen molar-refractivity contribution in [3.8, 4) is 11.5 Å². The van der Waals surface area contributed by atoms with Crippen molar-refractivity contribution in [1.29, 1.82) is 0 Å². The van der Waals surface area contributed by atoms with Gasteiger partial charge in [0.15, 0.2) is 0 Å². The van der Waals surface area contributed by atoms with Gasteiger partial charge in [0.1, 0.15) is 11.5 Å². The van der Waals surface area contributed by atoms with Gasteiger partial charge in [-0.25, -0.2) is 9.18 Å². The van der Waals surface area contributed by atoms with Gasteiger partial charge in [-0.2, -0.15) is 4.99 Å². The molecule has 0 aromatic heterocycles. The van der Waals surface area contributed by atoms with Gasteiger partial charge in [-0.15, -0.1) is 0 Å². The number of aliphatic imine (C=N–C) groups is 1. The fourth-order valence-corrected chi connectivity index (χ4v) is 1.32. The Morgan fingerprint density at radius 1 is 1.38 bits per heavy atom. The van der Waals surface area contributed by atoms with Crippen molar-refractivity contribution in [1.82, 2.24) is 0 Å². The van der Waals surface area contributed by atoms with Crippen LogP contribution in [-0.2, 0) is 10.6 Å². The monoisotopic (exact) mass is 225 g/mol. The number of isocyanates is 1. The Bertz CT molecular complexity index is 425. The number of alkyl halides is 1. The maximum absolute atomic E-state index is 14.0. The number of carbonyl (C=O) groups excluding carboxylic acids is 1. The van der Waals surface area contributed by atoms with Gasteiger partial charge in [0.05, 0.1) is 19.8 Å². The van der Waals surface area contributed by atoms with E-state index in [-0.39, 0.29) is 11.3 Å². The lowest BCUT2D eigenvalue weighted by Crippen LogP contribution is -2.13. The molecular formula is C11H12FNO3. The maximum Gasteiger partial charge on any atom is 0.238 e. The van der Waals surface area contributed by atoms with Crippen LogP contribution in [0.25, 0.3) is 0 Å². The molecule has 0 bridgehead atoms. The highest BCUT2D eigenvalue weighted by Crippen LogP contribution is 2.36. The molecule has 5 heteroatoms. The Balaban J connectivity index is 3.28. The molecule has 0 heterocycles. The Morgan fingerprint density at radius 2 is 2.06 bits per heavy atom. The molecule has 0 saturated carbocycles. The lowest BCUT2D eigenvalue weighted by Gasteiger charge is -2.17. The van der Waals surface area contributed by atoms with E-state index in [0.717, 1.165) is 6.92 Å². The molecule has 0 radical (unpaired) electrons. The molecule has 0 spiro atoms. The molecule has 1 atom stereocenters. The topological polar surface area (TPSA) is 47.9 Å². The number of ether oxygens (including phenoxy) is 2. The van der Waals surface area contributed by atoms with Crippen molar-refractivity contribution >= 4 is 6.08 Å². The molecule has 0 amide bonds. The third-order valence-corrected chi connectivity index (χ3v) is 2.16. The van der Waals surface area contributed by atoms with E-state index in [2.05, 4.69) is 4.99 Å². The molecule has 0 saturated heterocycles. The molecule has 4 nitrogen and oxygen atoms in total. The van der Waals surface area contributed by atoms with Gasteiger partial charge in [0.25, 0.3) is 0 Å². The summed E-state index contributed by atoms with van der Waals surface area (Å²) in [4.78, 5) is 13.2. The molecule has 16 heavy (non-hydrogen) atoms. The molecule has 1 aromatic carbocycles. The third kappa shape index (κ3) is 2.38. The van der Waals surface area contributed by atoms with Crippen molar-refractivity contribution < 1.29 is 18.7 Å². The molecule has 0 aliphatic carbocycles. The van der Waals surface area contributed by atoms with Gasteiger partial charge >= 0.3 is 0 Å². The molecular weight excluding hydrogens is 213 g/mol. The molecule has 0 fully saturated rings. The highest BCUT2D eigenvalue weighted by molar-refractivity contribution is 5.45. The second kappa shape index (κ2) is 4.77. The lowest BCUT2D eigenvalue weighted by atomic mass is 10.1. The summed E-state index contributed by atoms with van der Waals surface area (Å²) >= 11 is 0. The summed E-state index contributed by atoms with van der Waals surface area (Å²) in [6.07, 6.45) is 1.20. The molecule has 0 N–H and O–H groups in total. The van der Waals surface area contributed by atoms with E-state index in [0.29, 0.717) is 5.75 Å². The van der Waals surface area contributed by atoms with Crippen LogP contribution in [0.4, 0.5) is 4.39 Å². The minimum Gasteiger partial charge on any atom is -0.497 e. The summed E-state index contributed by atoms with van der Waals surface area (Å²) in [7, 11) is 2.89. The fraction of sp³-hybridized carbons (Fsp3) is 0.364. The van der Waals surface area contributed by atoms with Crippen molar-refractivity contribution in [2.45, 2.75) is 12.7 Å². The number of nitrogens with zero attached hydrogens (tertiary/aromatic N) is 1. The van der Waals surface area contributed by atoms with Gasteiger partial charge in [-0.1, -0.05) is 0 Å². The first-order chi connectivity index (χ1) is 7.55.